The molecule has 0 aromatic heterocycles. The van der Waals surface area contributed by atoms with Crippen LogP contribution in [-0.2, 0) is 11.3 Å². The highest BCUT2D eigenvalue weighted by atomic mass is 79.9. The summed E-state index contributed by atoms with van der Waals surface area (Å²) in [6.07, 6.45) is 0.0221. The van der Waals surface area contributed by atoms with Crippen LogP contribution in [0, 0.1) is 0 Å². The Hall–Kier alpha value is -1.65. The van der Waals surface area contributed by atoms with E-state index in [-0.39, 0.29) is 6.17 Å². The molecule has 1 atom stereocenters. The van der Waals surface area contributed by atoms with Crippen molar-refractivity contribution in [3.63, 3.8) is 0 Å². The van der Waals surface area contributed by atoms with Gasteiger partial charge in [-0.15, -0.1) is 0 Å². The van der Waals surface area contributed by atoms with E-state index in [0.29, 0.717) is 12.5 Å². The average molecular weight is 331 g/mol. The second-order valence-corrected chi connectivity index (χ2v) is 5.55. The van der Waals surface area contributed by atoms with Gasteiger partial charge in [-0.25, -0.2) is 4.99 Å². The molecule has 0 radical (unpaired) electrons. The highest BCUT2D eigenvalue weighted by Crippen LogP contribution is 2.15. The molecule has 0 spiro atoms. The van der Waals surface area contributed by atoms with Crippen LogP contribution in [0.2, 0.25) is 0 Å². The maximum atomic E-state index is 5.65. The van der Waals surface area contributed by atoms with Gasteiger partial charge in [-0.3, -0.25) is 5.32 Å². The minimum absolute atomic E-state index is 0.0221. The van der Waals surface area contributed by atoms with Crippen molar-refractivity contribution in [2.45, 2.75) is 12.7 Å². The Morgan fingerprint density at radius 1 is 1.10 bits per heavy atom. The van der Waals surface area contributed by atoms with Crippen molar-refractivity contribution in [2.24, 2.45) is 4.99 Å². The van der Waals surface area contributed by atoms with E-state index in [9.17, 15) is 0 Å². The molecule has 0 bridgehead atoms. The van der Waals surface area contributed by atoms with E-state index < -0.39 is 0 Å². The normalized spacial score (nSPS) is 17.6. The molecule has 1 aliphatic rings. The van der Waals surface area contributed by atoms with Gasteiger partial charge < -0.3 is 4.74 Å². The van der Waals surface area contributed by atoms with Crippen molar-refractivity contribution < 1.29 is 4.74 Å². The zero-order valence-corrected chi connectivity index (χ0v) is 12.5. The third-order valence-corrected chi connectivity index (χ3v) is 3.66. The number of nitrogens with zero attached hydrogens (tertiary/aromatic N) is 1. The zero-order valence-electron chi connectivity index (χ0n) is 10.9. The predicted octanol–water partition coefficient (Wildman–Crippen LogP) is 3.34. The topological polar surface area (TPSA) is 33.6 Å². The molecule has 102 valence electrons. The van der Waals surface area contributed by atoms with E-state index in [0.717, 1.165) is 16.6 Å². The zero-order chi connectivity index (χ0) is 13.8. The molecule has 2 aromatic rings. The highest BCUT2D eigenvalue weighted by molar-refractivity contribution is 9.10. The number of hydrogen-bond acceptors (Lipinski definition) is 3. The molecular formula is C16H15BrN2O. The largest absolute Gasteiger partial charge is 0.474 e. The molecule has 1 aliphatic heterocycles. The smallest absolute Gasteiger partial charge is 0.217 e. The molecule has 0 amide bonds. The Kier molecular flexibility index (Phi) is 4.14. The number of halogens is 1. The van der Waals surface area contributed by atoms with Crippen LogP contribution in [0.25, 0.3) is 0 Å². The molecule has 3 nitrogen and oxygen atoms in total. The van der Waals surface area contributed by atoms with Gasteiger partial charge in [0, 0.05) is 16.6 Å². The summed E-state index contributed by atoms with van der Waals surface area (Å²) in [5.74, 6) is 0.711. The highest BCUT2D eigenvalue weighted by Gasteiger charge is 2.19. The van der Waals surface area contributed by atoms with Crippen LogP contribution >= 0.6 is 15.9 Å². The molecular weight excluding hydrogens is 316 g/mol. The fourth-order valence-corrected chi connectivity index (χ4v) is 2.32. The van der Waals surface area contributed by atoms with Crippen molar-refractivity contribution in [1.82, 2.24) is 5.32 Å². The van der Waals surface area contributed by atoms with Crippen LogP contribution in [0.3, 0.4) is 0 Å². The molecule has 3 rings (SSSR count). The average Bonchev–Trinajstić information content (AvgIpc) is 2.96. The second-order valence-electron chi connectivity index (χ2n) is 4.63. The second kappa shape index (κ2) is 6.20. The van der Waals surface area contributed by atoms with Crippen LogP contribution in [0.15, 0.2) is 64.1 Å². The minimum atomic E-state index is 0.0221. The molecule has 1 heterocycles. The number of aliphatic imine (C=N–C) groups is 1. The Labute approximate surface area is 126 Å². The van der Waals surface area contributed by atoms with Crippen LogP contribution in [0.4, 0.5) is 0 Å². The summed E-state index contributed by atoms with van der Waals surface area (Å²) in [7, 11) is 0. The van der Waals surface area contributed by atoms with Crippen LogP contribution in [0.1, 0.15) is 11.1 Å². The Bertz CT molecular complexity index is 596. The van der Waals surface area contributed by atoms with Crippen molar-refractivity contribution in [3.8, 4) is 0 Å². The first-order valence-electron chi connectivity index (χ1n) is 6.55. The molecule has 0 aliphatic carbocycles. The first-order valence-corrected chi connectivity index (χ1v) is 7.34. The van der Waals surface area contributed by atoms with E-state index >= 15 is 0 Å². The lowest BCUT2D eigenvalue weighted by atomic mass is 10.2. The molecule has 1 N–H and O–H groups in total. The van der Waals surface area contributed by atoms with E-state index in [1.165, 1.54) is 5.56 Å². The van der Waals surface area contributed by atoms with E-state index in [1.807, 2.05) is 42.5 Å². The van der Waals surface area contributed by atoms with E-state index in [1.54, 1.807) is 0 Å². The SMILES string of the molecule is Brc1ccc(C2=NC(NCc3ccccc3)CO2)cc1. The van der Waals surface area contributed by atoms with Crippen molar-refractivity contribution in [1.29, 1.82) is 0 Å². The first kappa shape index (κ1) is 13.3. The summed E-state index contributed by atoms with van der Waals surface area (Å²) in [5, 5.41) is 3.39. The number of ether oxygens (including phenoxy) is 1. The van der Waals surface area contributed by atoms with Gasteiger partial charge in [0.15, 0.2) is 0 Å². The van der Waals surface area contributed by atoms with Gasteiger partial charge in [-0.2, -0.15) is 0 Å². The third kappa shape index (κ3) is 3.26. The van der Waals surface area contributed by atoms with E-state index in [2.05, 4.69) is 38.4 Å². The fourth-order valence-electron chi connectivity index (χ4n) is 2.06. The maximum absolute atomic E-state index is 5.65. The fraction of sp³-hybridized carbons (Fsp3) is 0.188. The first-order chi connectivity index (χ1) is 9.81. The van der Waals surface area contributed by atoms with Gasteiger partial charge in [-0.1, -0.05) is 46.3 Å². The lowest BCUT2D eigenvalue weighted by Crippen LogP contribution is -2.27. The summed E-state index contributed by atoms with van der Waals surface area (Å²) < 4.78 is 6.71. The van der Waals surface area contributed by atoms with Gasteiger partial charge >= 0.3 is 0 Å². The van der Waals surface area contributed by atoms with Gasteiger partial charge in [0.1, 0.15) is 12.8 Å². The molecule has 1 unspecified atom stereocenters. The summed E-state index contributed by atoms with van der Waals surface area (Å²) in [4.78, 5) is 4.57. The van der Waals surface area contributed by atoms with E-state index in [4.69, 9.17) is 4.74 Å². The standard InChI is InChI=1S/C16H15BrN2O/c17-14-8-6-13(7-9-14)16-19-15(11-20-16)18-10-12-4-2-1-3-5-12/h1-9,15,18H,10-11H2. The summed E-state index contributed by atoms with van der Waals surface area (Å²) in [5.41, 5.74) is 2.26. The molecule has 4 heteroatoms. The van der Waals surface area contributed by atoms with Gasteiger partial charge in [0.25, 0.3) is 0 Å². The van der Waals surface area contributed by atoms with Crippen molar-refractivity contribution in [3.05, 3.63) is 70.2 Å². The maximum Gasteiger partial charge on any atom is 0.217 e. The quantitative estimate of drug-likeness (QED) is 0.932. The number of nitrogens with one attached hydrogen (secondary N) is 1. The van der Waals surface area contributed by atoms with Crippen molar-refractivity contribution in [2.75, 3.05) is 6.61 Å². The molecule has 0 saturated heterocycles. The minimum Gasteiger partial charge on any atom is -0.474 e. The summed E-state index contributed by atoms with van der Waals surface area (Å²) >= 11 is 3.42. The number of benzene rings is 2. The monoisotopic (exact) mass is 330 g/mol. The van der Waals surface area contributed by atoms with Crippen LogP contribution in [0.5, 0.6) is 0 Å². The molecule has 2 aromatic carbocycles. The molecule has 0 fully saturated rings. The predicted molar refractivity (Wildman–Crippen MR) is 83.7 cm³/mol. The lowest BCUT2D eigenvalue weighted by Gasteiger charge is -2.07. The number of rotatable bonds is 4. The van der Waals surface area contributed by atoms with Gasteiger partial charge in [0.2, 0.25) is 5.90 Å². The lowest BCUT2D eigenvalue weighted by molar-refractivity contribution is 0.298. The van der Waals surface area contributed by atoms with Gasteiger partial charge in [0.05, 0.1) is 0 Å². The third-order valence-electron chi connectivity index (χ3n) is 3.13. The van der Waals surface area contributed by atoms with Crippen LogP contribution < -0.4 is 5.32 Å². The molecule has 0 saturated carbocycles. The summed E-state index contributed by atoms with van der Waals surface area (Å²) in [6, 6.07) is 18.3. The Morgan fingerprint density at radius 2 is 1.85 bits per heavy atom. The molecule has 20 heavy (non-hydrogen) atoms. The van der Waals surface area contributed by atoms with Gasteiger partial charge in [-0.05, 0) is 29.8 Å². The Morgan fingerprint density at radius 3 is 2.60 bits per heavy atom. The Balaban J connectivity index is 1.62. The summed E-state index contributed by atoms with van der Waals surface area (Å²) in [6.45, 7) is 1.38. The van der Waals surface area contributed by atoms with Crippen LogP contribution in [-0.4, -0.2) is 18.7 Å². The van der Waals surface area contributed by atoms with Crippen molar-refractivity contribution >= 4 is 21.8 Å². The number of hydrogen-bond donors (Lipinski definition) is 1.